The van der Waals surface area contributed by atoms with Crippen LogP contribution in [0.5, 0.6) is 0 Å². The highest BCUT2D eigenvalue weighted by molar-refractivity contribution is 6.16. The number of hydrogen-bond acceptors (Lipinski definition) is 1. The zero-order chi connectivity index (χ0) is 43.5. The van der Waals surface area contributed by atoms with Crippen molar-refractivity contribution < 1.29 is 14.0 Å². The molecule has 0 bridgehead atoms. The van der Waals surface area contributed by atoms with Crippen LogP contribution in [0.2, 0.25) is 0 Å². The van der Waals surface area contributed by atoms with Gasteiger partial charge in [0.1, 0.15) is 11.2 Å². The molecule has 0 saturated heterocycles. The van der Waals surface area contributed by atoms with Crippen molar-refractivity contribution in [1.29, 1.82) is 0 Å². The van der Waals surface area contributed by atoms with Crippen LogP contribution in [-0.4, -0.2) is 9.13 Å². The van der Waals surface area contributed by atoms with Crippen LogP contribution < -0.4 is 0 Å². The molecule has 3 heterocycles. The molecule has 9 aromatic carbocycles. The molecule has 3 aromatic heterocycles. The molecule has 0 aliphatic heterocycles. The first-order valence-electron chi connectivity index (χ1n) is 22.4. The van der Waals surface area contributed by atoms with Crippen LogP contribution in [0.4, 0.5) is 0 Å². The molecule has 0 unspecified atom stereocenters. The predicted octanol–water partition coefficient (Wildman–Crippen LogP) is 14.8. The SMILES string of the molecule is [2H]c1c([2H])c([2H])c2c(c1[2H])c1c([2H])c(-c3ccc4c(c3)c3cccc(-c5ccccc5)c3n4-c3ccccc3-c3ccccc3)c([2H])c([2H])c1n2-c1ccc2c(c1)oc1ccccc12. The number of fused-ring (bicyclic) bond motifs is 9. The fourth-order valence-electron chi connectivity index (χ4n) is 8.63. The largest absolute Gasteiger partial charge is 0.456 e. The molecule has 3 heteroatoms. The van der Waals surface area contributed by atoms with E-state index in [-0.39, 0.29) is 57.6 Å². The molecule has 12 rings (SSSR count). The van der Waals surface area contributed by atoms with Gasteiger partial charge in [0, 0.05) is 55.2 Å². The molecule has 266 valence electrons. The smallest absolute Gasteiger partial charge is 0.137 e. The van der Waals surface area contributed by atoms with Crippen molar-refractivity contribution >= 4 is 65.6 Å². The Balaban J connectivity index is 1.16. The normalized spacial score (nSPS) is 13.6. The summed E-state index contributed by atoms with van der Waals surface area (Å²) in [6.07, 6.45) is 0. The molecule has 0 amide bonds. The van der Waals surface area contributed by atoms with E-state index in [4.69, 9.17) is 7.16 Å². The maximum Gasteiger partial charge on any atom is 0.137 e. The van der Waals surface area contributed by atoms with Crippen molar-refractivity contribution in [2.75, 3.05) is 0 Å². The molecule has 3 nitrogen and oxygen atoms in total. The molecule has 0 radical (unpaired) electrons. The first-order chi connectivity index (χ1) is 31.2. The summed E-state index contributed by atoms with van der Waals surface area (Å²) in [7, 11) is 0. The predicted molar refractivity (Wildman–Crippen MR) is 239 cm³/mol. The number of nitrogens with zero attached hydrogens (tertiary/aromatic N) is 2. The number of rotatable bonds is 5. The Kier molecular flexibility index (Phi) is 5.56. The summed E-state index contributed by atoms with van der Waals surface area (Å²) in [5.74, 6) is 0. The van der Waals surface area contributed by atoms with Crippen molar-refractivity contribution in [3.05, 3.63) is 206 Å². The summed E-state index contributed by atoms with van der Waals surface area (Å²) in [5.41, 5.74) is 9.89. The quantitative estimate of drug-likeness (QED) is 0.173. The molecule has 0 aliphatic rings. The molecular weight excluding hydrogens is 693 g/mol. The minimum atomic E-state index is -0.439. The van der Waals surface area contributed by atoms with Gasteiger partial charge in [-0.15, -0.1) is 0 Å². The Morgan fingerprint density at radius 1 is 0.386 bits per heavy atom. The molecule has 0 spiro atoms. The number of aromatic nitrogens is 2. The molecule has 0 N–H and O–H groups in total. The van der Waals surface area contributed by atoms with Crippen LogP contribution >= 0.6 is 0 Å². The number of hydrogen-bond donors (Lipinski definition) is 0. The zero-order valence-electron chi connectivity index (χ0n) is 37.4. The van der Waals surface area contributed by atoms with Crippen LogP contribution in [0.25, 0.3) is 110 Å². The average molecular weight is 734 g/mol. The summed E-state index contributed by atoms with van der Waals surface area (Å²) < 4.78 is 75.3. The van der Waals surface area contributed by atoms with E-state index in [0.717, 1.165) is 60.5 Å². The minimum Gasteiger partial charge on any atom is -0.456 e. The van der Waals surface area contributed by atoms with E-state index in [1.54, 1.807) is 10.6 Å². The van der Waals surface area contributed by atoms with Crippen LogP contribution in [-0.2, 0) is 0 Å². The van der Waals surface area contributed by atoms with Gasteiger partial charge in [0.05, 0.1) is 37.3 Å². The standard InChI is InChI=1S/C54H34N2O/c1-3-14-35(15-4-1)40-18-7-10-23-48(40)56-51-31-27-38(33-47(51)45-22-13-21-41(54(45)56)36-16-5-2-6-17-36)37-26-30-50-46(32-37)42-19-8-11-24-49(42)55(50)39-28-29-44-43-20-9-12-25-52(43)57-53(44)34-39/h1-34H/i8D,11D,19D,24D,26D,30D,32D. The lowest BCUT2D eigenvalue weighted by Gasteiger charge is -2.16. The van der Waals surface area contributed by atoms with Crippen LogP contribution in [0.3, 0.4) is 0 Å². The minimum absolute atomic E-state index is 0.0999. The average Bonchev–Trinajstić information content (AvgIpc) is 4.01. The lowest BCUT2D eigenvalue weighted by atomic mass is 9.99. The fourth-order valence-corrected chi connectivity index (χ4v) is 8.63. The summed E-state index contributed by atoms with van der Waals surface area (Å²) in [6, 6.07) is 52.4. The van der Waals surface area contributed by atoms with Crippen LogP contribution in [0.1, 0.15) is 9.60 Å². The van der Waals surface area contributed by atoms with Gasteiger partial charge in [-0.3, -0.25) is 0 Å². The van der Waals surface area contributed by atoms with Crippen molar-refractivity contribution in [2.24, 2.45) is 0 Å². The van der Waals surface area contributed by atoms with E-state index in [1.807, 2.05) is 103 Å². The Labute approximate surface area is 338 Å². The first kappa shape index (κ1) is 25.5. The zero-order valence-corrected chi connectivity index (χ0v) is 30.4. The fraction of sp³-hybridized carbons (Fsp3) is 0. The van der Waals surface area contributed by atoms with Gasteiger partial charge >= 0.3 is 0 Å². The molecule has 12 aromatic rings. The van der Waals surface area contributed by atoms with E-state index in [0.29, 0.717) is 22.4 Å². The lowest BCUT2D eigenvalue weighted by molar-refractivity contribution is 0.668. The third-order valence-electron chi connectivity index (χ3n) is 11.2. The van der Waals surface area contributed by atoms with E-state index < -0.39 is 12.1 Å². The van der Waals surface area contributed by atoms with E-state index in [2.05, 4.69) is 59.2 Å². The Morgan fingerprint density at radius 2 is 1.09 bits per heavy atom. The second-order valence-electron chi connectivity index (χ2n) is 14.3. The van der Waals surface area contributed by atoms with Crippen molar-refractivity contribution in [3.8, 4) is 44.8 Å². The second-order valence-corrected chi connectivity index (χ2v) is 14.3. The Bertz CT molecular complexity index is 3930. The summed E-state index contributed by atoms with van der Waals surface area (Å²) in [4.78, 5) is 0. The topological polar surface area (TPSA) is 23.0 Å². The van der Waals surface area contributed by atoms with Gasteiger partial charge in [0.25, 0.3) is 0 Å². The van der Waals surface area contributed by atoms with Gasteiger partial charge in [-0.2, -0.15) is 0 Å². The van der Waals surface area contributed by atoms with Gasteiger partial charge in [-0.1, -0.05) is 145 Å². The Hall–Kier alpha value is -7.62. The first-order valence-corrected chi connectivity index (χ1v) is 18.9. The lowest BCUT2D eigenvalue weighted by Crippen LogP contribution is -1.98. The molecule has 0 aliphatic carbocycles. The summed E-state index contributed by atoms with van der Waals surface area (Å²) >= 11 is 0. The van der Waals surface area contributed by atoms with Gasteiger partial charge < -0.3 is 13.6 Å². The molecule has 0 atom stereocenters. The van der Waals surface area contributed by atoms with E-state index >= 15 is 0 Å². The highest BCUT2D eigenvalue weighted by atomic mass is 16.3. The van der Waals surface area contributed by atoms with Crippen molar-refractivity contribution in [3.63, 3.8) is 0 Å². The molecule has 0 fully saturated rings. The van der Waals surface area contributed by atoms with Gasteiger partial charge in [0.15, 0.2) is 0 Å². The molecule has 0 saturated carbocycles. The van der Waals surface area contributed by atoms with E-state index in [1.165, 1.54) is 0 Å². The highest BCUT2D eigenvalue weighted by Gasteiger charge is 2.20. The van der Waals surface area contributed by atoms with Gasteiger partial charge in [0.2, 0.25) is 0 Å². The van der Waals surface area contributed by atoms with Crippen molar-refractivity contribution in [1.82, 2.24) is 9.13 Å². The number of para-hydroxylation sites is 4. The molecular formula is C54H34N2O. The number of furan rings is 1. The third kappa shape index (κ3) is 4.86. The van der Waals surface area contributed by atoms with Crippen LogP contribution in [0, 0.1) is 0 Å². The van der Waals surface area contributed by atoms with Crippen molar-refractivity contribution in [2.45, 2.75) is 0 Å². The van der Waals surface area contributed by atoms with Gasteiger partial charge in [-0.25, -0.2) is 0 Å². The maximum absolute atomic E-state index is 9.96. The van der Waals surface area contributed by atoms with E-state index in [9.17, 15) is 6.85 Å². The maximum atomic E-state index is 9.96. The number of benzene rings is 9. The van der Waals surface area contributed by atoms with Crippen LogP contribution in [0.15, 0.2) is 211 Å². The van der Waals surface area contributed by atoms with Gasteiger partial charge in [-0.05, 0) is 76.8 Å². The Morgan fingerprint density at radius 3 is 1.96 bits per heavy atom. The second kappa shape index (κ2) is 12.5. The highest BCUT2D eigenvalue weighted by Crippen LogP contribution is 2.43. The monoisotopic (exact) mass is 733 g/mol. The molecule has 57 heavy (non-hydrogen) atoms. The summed E-state index contributed by atoms with van der Waals surface area (Å²) in [5, 5.41) is 3.95. The third-order valence-corrected chi connectivity index (χ3v) is 11.2. The summed E-state index contributed by atoms with van der Waals surface area (Å²) in [6.45, 7) is 0.